The van der Waals surface area contributed by atoms with E-state index in [9.17, 15) is 18.0 Å². The van der Waals surface area contributed by atoms with Crippen LogP contribution < -0.4 is 13.7 Å². The van der Waals surface area contributed by atoms with Crippen molar-refractivity contribution in [2.24, 2.45) is 0 Å². The Morgan fingerprint density at radius 2 is 1.65 bits per heavy atom. The molecule has 0 saturated carbocycles. The molecule has 1 aliphatic rings. The Hall–Kier alpha value is -3.99. The SMILES string of the molecule is COc1cc(/C=C2\SC(=O)N(CCOc3cccc4ccccc34)C2=O)cc(Cl)c1OS(=O)(=O)c1ccccc1. The molecule has 0 N–H and O–H groups in total. The summed E-state index contributed by atoms with van der Waals surface area (Å²) in [6.45, 7) is 0.195. The van der Waals surface area contributed by atoms with Gasteiger partial charge in [0.25, 0.3) is 11.1 Å². The highest BCUT2D eigenvalue weighted by molar-refractivity contribution is 8.18. The van der Waals surface area contributed by atoms with Crippen LogP contribution in [0.5, 0.6) is 17.2 Å². The van der Waals surface area contributed by atoms with Crippen molar-refractivity contribution in [1.82, 2.24) is 4.90 Å². The number of amides is 2. The van der Waals surface area contributed by atoms with Gasteiger partial charge in [0.2, 0.25) is 5.75 Å². The molecule has 11 heteroatoms. The van der Waals surface area contributed by atoms with Crippen LogP contribution in [0.3, 0.4) is 0 Å². The monoisotopic (exact) mass is 595 g/mol. The van der Waals surface area contributed by atoms with Crippen LogP contribution in [-0.4, -0.2) is 44.7 Å². The van der Waals surface area contributed by atoms with E-state index in [0.29, 0.717) is 11.3 Å². The smallest absolute Gasteiger partial charge is 0.339 e. The summed E-state index contributed by atoms with van der Waals surface area (Å²) in [4.78, 5) is 26.9. The number of methoxy groups -OCH3 is 1. The second-order valence-electron chi connectivity index (χ2n) is 8.54. The summed E-state index contributed by atoms with van der Waals surface area (Å²) >= 11 is 7.16. The molecule has 8 nitrogen and oxygen atoms in total. The predicted octanol–water partition coefficient (Wildman–Crippen LogP) is 6.38. The van der Waals surface area contributed by atoms with Crippen LogP contribution in [0.1, 0.15) is 5.56 Å². The van der Waals surface area contributed by atoms with Crippen molar-refractivity contribution in [3.8, 4) is 17.2 Å². The van der Waals surface area contributed by atoms with Crippen LogP contribution in [-0.2, 0) is 14.9 Å². The fourth-order valence-electron chi connectivity index (χ4n) is 4.06. The van der Waals surface area contributed by atoms with Gasteiger partial charge in [0.05, 0.1) is 23.6 Å². The Labute approximate surface area is 240 Å². The van der Waals surface area contributed by atoms with Gasteiger partial charge in [-0.1, -0.05) is 66.2 Å². The molecule has 0 aliphatic carbocycles. The lowest BCUT2D eigenvalue weighted by molar-refractivity contribution is -0.123. The third-order valence-electron chi connectivity index (χ3n) is 5.97. The van der Waals surface area contributed by atoms with Crippen molar-refractivity contribution in [1.29, 1.82) is 0 Å². The fourth-order valence-corrected chi connectivity index (χ4v) is 6.21. The first-order valence-electron chi connectivity index (χ1n) is 12.0. The largest absolute Gasteiger partial charge is 0.493 e. The number of hydrogen-bond donors (Lipinski definition) is 0. The van der Waals surface area contributed by atoms with E-state index in [1.54, 1.807) is 18.2 Å². The number of nitrogens with zero attached hydrogens (tertiary/aromatic N) is 1. The van der Waals surface area contributed by atoms with Crippen LogP contribution in [0.15, 0.2) is 94.7 Å². The molecule has 1 fully saturated rings. The molecule has 204 valence electrons. The molecule has 0 atom stereocenters. The molecule has 0 spiro atoms. The average Bonchev–Trinajstić information content (AvgIpc) is 3.22. The summed E-state index contributed by atoms with van der Waals surface area (Å²) in [5.41, 5.74) is 0.420. The van der Waals surface area contributed by atoms with Gasteiger partial charge in [-0.2, -0.15) is 8.42 Å². The van der Waals surface area contributed by atoms with Crippen molar-refractivity contribution in [3.05, 3.63) is 100 Å². The van der Waals surface area contributed by atoms with Gasteiger partial charge in [0.15, 0.2) is 5.75 Å². The Morgan fingerprint density at radius 1 is 0.925 bits per heavy atom. The third-order valence-corrected chi connectivity index (χ3v) is 8.39. The molecule has 4 aromatic rings. The lowest BCUT2D eigenvalue weighted by Crippen LogP contribution is -2.32. The van der Waals surface area contributed by atoms with E-state index >= 15 is 0 Å². The second kappa shape index (κ2) is 11.6. The number of halogens is 1. The number of thioether (sulfide) groups is 1. The molecule has 4 aromatic carbocycles. The highest BCUT2D eigenvalue weighted by Gasteiger charge is 2.35. The number of carbonyl (C=O) groups is 2. The van der Waals surface area contributed by atoms with E-state index in [2.05, 4.69) is 0 Å². The molecule has 1 aliphatic heterocycles. The van der Waals surface area contributed by atoms with Crippen LogP contribution in [0, 0.1) is 0 Å². The minimum Gasteiger partial charge on any atom is -0.493 e. The highest BCUT2D eigenvalue weighted by atomic mass is 35.5. The molecule has 1 saturated heterocycles. The molecule has 40 heavy (non-hydrogen) atoms. The summed E-state index contributed by atoms with van der Waals surface area (Å²) < 4.78 is 41.9. The summed E-state index contributed by atoms with van der Waals surface area (Å²) in [7, 11) is -2.83. The average molecular weight is 596 g/mol. The van der Waals surface area contributed by atoms with Gasteiger partial charge in [0, 0.05) is 5.39 Å². The Balaban J connectivity index is 1.30. The van der Waals surface area contributed by atoms with Crippen LogP contribution >= 0.6 is 23.4 Å². The van der Waals surface area contributed by atoms with E-state index < -0.39 is 21.3 Å². The number of rotatable bonds is 9. The first kappa shape index (κ1) is 27.6. The number of hydrogen-bond acceptors (Lipinski definition) is 8. The van der Waals surface area contributed by atoms with E-state index in [4.69, 9.17) is 25.3 Å². The van der Waals surface area contributed by atoms with Gasteiger partial charge in [-0.3, -0.25) is 14.5 Å². The molecule has 0 aromatic heterocycles. The van der Waals surface area contributed by atoms with Crippen LogP contribution in [0.2, 0.25) is 5.02 Å². The lowest BCUT2D eigenvalue weighted by atomic mass is 10.1. The van der Waals surface area contributed by atoms with Gasteiger partial charge in [0.1, 0.15) is 17.3 Å². The Kier molecular flexibility index (Phi) is 8.02. The second-order valence-corrected chi connectivity index (χ2v) is 11.5. The van der Waals surface area contributed by atoms with Crippen molar-refractivity contribution in [2.75, 3.05) is 20.3 Å². The first-order valence-corrected chi connectivity index (χ1v) is 14.6. The maximum absolute atomic E-state index is 13.0. The highest BCUT2D eigenvalue weighted by Crippen LogP contribution is 2.40. The predicted molar refractivity (Wildman–Crippen MR) is 154 cm³/mol. The van der Waals surface area contributed by atoms with Gasteiger partial charge in [-0.15, -0.1) is 0 Å². The van der Waals surface area contributed by atoms with E-state index in [1.807, 2.05) is 42.5 Å². The van der Waals surface area contributed by atoms with E-state index in [-0.39, 0.29) is 39.5 Å². The van der Waals surface area contributed by atoms with Gasteiger partial charge < -0.3 is 13.7 Å². The summed E-state index contributed by atoms with van der Waals surface area (Å²) in [5.74, 6) is 0.0439. The standard InChI is InChI=1S/C29H22ClNO7S2/c1-36-25-17-19(16-23(30)27(25)38-40(34,35)21-10-3-2-4-11-21)18-26-28(32)31(29(33)39-26)14-15-37-24-13-7-9-20-8-5-6-12-22(20)24/h2-13,16-18H,14-15H2,1H3/b26-18-. The zero-order chi connectivity index (χ0) is 28.3. The van der Waals surface area contributed by atoms with Gasteiger partial charge in [-0.05, 0) is 59.1 Å². The minimum absolute atomic E-state index is 0.0426. The van der Waals surface area contributed by atoms with Crippen molar-refractivity contribution in [3.63, 3.8) is 0 Å². The first-order chi connectivity index (χ1) is 19.3. The lowest BCUT2D eigenvalue weighted by Gasteiger charge is -2.14. The molecule has 1 heterocycles. The van der Waals surface area contributed by atoms with Gasteiger partial charge in [-0.25, -0.2) is 0 Å². The minimum atomic E-state index is -4.17. The number of ether oxygens (including phenoxy) is 2. The fraction of sp³-hybridized carbons (Fsp3) is 0.103. The van der Waals surface area contributed by atoms with Crippen molar-refractivity contribution < 1.29 is 31.7 Å². The maximum Gasteiger partial charge on any atom is 0.339 e. The summed E-state index contributed by atoms with van der Waals surface area (Å²) in [6.07, 6.45) is 1.49. The van der Waals surface area contributed by atoms with E-state index in [1.165, 1.54) is 37.5 Å². The molecule has 5 rings (SSSR count). The zero-order valence-electron chi connectivity index (χ0n) is 21.1. The zero-order valence-corrected chi connectivity index (χ0v) is 23.5. The van der Waals surface area contributed by atoms with Crippen LogP contribution in [0.25, 0.3) is 16.8 Å². The number of imide groups is 1. The topological polar surface area (TPSA) is 99.2 Å². The van der Waals surface area contributed by atoms with E-state index in [0.717, 1.165) is 27.4 Å². The molecule has 0 bridgehead atoms. The summed E-state index contributed by atoms with van der Waals surface area (Å²) in [6, 6.07) is 24.0. The maximum atomic E-state index is 13.0. The number of fused-ring (bicyclic) bond motifs is 1. The molecule has 0 radical (unpaired) electrons. The number of carbonyl (C=O) groups excluding carboxylic acids is 2. The quantitative estimate of drug-likeness (QED) is 0.162. The van der Waals surface area contributed by atoms with Crippen molar-refractivity contribution in [2.45, 2.75) is 4.90 Å². The summed E-state index contributed by atoms with van der Waals surface area (Å²) in [5, 5.41) is 1.49. The molecular formula is C29H22ClNO7S2. The molecular weight excluding hydrogens is 574 g/mol. The van der Waals surface area contributed by atoms with Gasteiger partial charge >= 0.3 is 10.1 Å². The Bertz CT molecular complexity index is 1740. The number of benzene rings is 4. The van der Waals surface area contributed by atoms with Crippen molar-refractivity contribution >= 4 is 61.5 Å². The van der Waals surface area contributed by atoms with Crippen LogP contribution in [0.4, 0.5) is 4.79 Å². The normalized spacial score (nSPS) is 14.7. The molecule has 2 amide bonds. The molecule has 0 unspecified atom stereocenters. The Morgan fingerprint density at radius 3 is 2.42 bits per heavy atom. The third kappa shape index (κ3) is 5.79.